The zero-order valence-corrected chi connectivity index (χ0v) is 12.1. The van der Waals surface area contributed by atoms with Gasteiger partial charge in [-0.15, -0.1) is 10.2 Å². The number of aromatic nitrogens is 2. The van der Waals surface area contributed by atoms with E-state index in [4.69, 9.17) is 0 Å². The second-order valence-corrected chi connectivity index (χ2v) is 6.76. The molecule has 2 unspecified atom stereocenters. The number of halogens is 3. The molecule has 0 spiro atoms. The number of hydrogen-bond acceptors (Lipinski definition) is 4. The van der Waals surface area contributed by atoms with Crippen molar-refractivity contribution in [1.29, 1.82) is 0 Å². The minimum absolute atomic E-state index is 0.0328. The molecule has 0 radical (unpaired) electrons. The van der Waals surface area contributed by atoms with Gasteiger partial charge in [0.05, 0.1) is 5.92 Å². The Labute approximate surface area is 124 Å². The van der Waals surface area contributed by atoms with E-state index in [-0.39, 0.29) is 12.8 Å². The van der Waals surface area contributed by atoms with Crippen LogP contribution in [0.4, 0.5) is 18.3 Å². The van der Waals surface area contributed by atoms with E-state index in [1.165, 1.54) is 11.3 Å². The van der Waals surface area contributed by atoms with E-state index >= 15 is 0 Å². The SMILES string of the molecule is O=C(Nc1nnc(C2CC2)s1)C1CCCCC1C(F)(F)F. The van der Waals surface area contributed by atoms with E-state index in [1.54, 1.807) is 0 Å². The molecule has 1 amide bonds. The van der Waals surface area contributed by atoms with Crippen LogP contribution in [0, 0.1) is 11.8 Å². The van der Waals surface area contributed by atoms with Crippen molar-refractivity contribution < 1.29 is 18.0 Å². The molecule has 21 heavy (non-hydrogen) atoms. The third-order valence-electron chi connectivity index (χ3n) is 4.12. The van der Waals surface area contributed by atoms with Gasteiger partial charge in [-0.3, -0.25) is 4.79 Å². The highest BCUT2D eigenvalue weighted by Crippen LogP contribution is 2.43. The molecule has 8 heteroatoms. The first-order chi connectivity index (χ1) is 9.95. The number of hydrogen-bond donors (Lipinski definition) is 1. The van der Waals surface area contributed by atoms with Gasteiger partial charge in [-0.05, 0) is 25.7 Å². The molecule has 116 valence electrons. The number of nitrogens with zero attached hydrogens (tertiary/aromatic N) is 2. The normalized spacial score (nSPS) is 26.6. The quantitative estimate of drug-likeness (QED) is 0.924. The lowest BCUT2D eigenvalue weighted by Gasteiger charge is -2.31. The minimum Gasteiger partial charge on any atom is -0.300 e. The molecule has 3 rings (SSSR count). The summed E-state index contributed by atoms with van der Waals surface area (Å²) in [5.41, 5.74) is 0. The lowest BCUT2D eigenvalue weighted by molar-refractivity contribution is -0.197. The summed E-state index contributed by atoms with van der Waals surface area (Å²) >= 11 is 1.27. The molecule has 1 aromatic heterocycles. The van der Waals surface area contributed by atoms with E-state index in [0.29, 0.717) is 23.9 Å². The van der Waals surface area contributed by atoms with E-state index in [1.807, 2.05) is 0 Å². The third-order valence-corrected chi connectivity index (χ3v) is 5.12. The van der Waals surface area contributed by atoms with Gasteiger partial charge in [-0.2, -0.15) is 13.2 Å². The summed E-state index contributed by atoms with van der Waals surface area (Å²) in [5.74, 6) is -2.70. The fourth-order valence-electron chi connectivity index (χ4n) is 2.81. The van der Waals surface area contributed by atoms with Crippen LogP contribution in [0.25, 0.3) is 0 Å². The van der Waals surface area contributed by atoms with Gasteiger partial charge in [-0.1, -0.05) is 24.2 Å². The van der Waals surface area contributed by atoms with Gasteiger partial charge >= 0.3 is 6.18 Å². The van der Waals surface area contributed by atoms with Crippen LogP contribution in [-0.2, 0) is 4.79 Å². The van der Waals surface area contributed by atoms with Crippen LogP contribution in [0.3, 0.4) is 0 Å². The second kappa shape index (κ2) is 5.55. The molecule has 0 saturated heterocycles. The number of nitrogens with one attached hydrogen (secondary N) is 1. The molecule has 1 N–H and O–H groups in total. The Morgan fingerprint density at radius 3 is 2.52 bits per heavy atom. The highest BCUT2D eigenvalue weighted by Gasteiger charge is 2.48. The topological polar surface area (TPSA) is 54.9 Å². The highest BCUT2D eigenvalue weighted by molar-refractivity contribution is 7.15. The Balaban J connectivity index is 1.67. The molecule has 1 aromatic rings. The largest absolute Gasteiger partial charge is 0.392 e. The standard InChI is InChI=1S/C13H16F3N3OS/c14-13(15,16)9-4-2-1-3-8(9)10(20)17-12-19-18-11(21-12)7-5-6-7/h7-9H,1-6H2,(H,17,19,20). The predicted molar refractivity (Wildman–Crippen MR) is 72.0 cm³/mol. The van der Waals surface area contributed by atoms with Crippen LogP contribution in [0.5, 0.6) is 0 Å². The van der Waals surface area contributed by atoms with Crippen LogP contribution in [0.1, 0.15) is 49.5 Å². The molecular weight excluding hydrogens is 303 g/mol. The molecule has 1 heterocycles. The lowest BCUT2D eigenvalue weighted by Crippen LogP contribution is -2.39. The minimum atomic E-state index is -4.32. The van der Waals surface area contributed by atoms with Crippen LogP contribution < -0.4 is 5.32 Å². The maximum atomic E-state index is 13.0. The summed E-state index contributed by atoms with van der Waals surface area (Å²) in [6.07, 6.45) is -0.673. The number of rotatable bonds is 3. The Kier molecular flexibility index (Phi) is 3.90. The summed E-state index contributed by atoms with van der Waals surface area (Å²) < 4.78 is 39.0. The number of carbonyl (C=O) groups is 1. The number of alkyl halides is 3. The second-order valence-electron chi connectivity index (χ2n) is 5.75. The van der Waals surface area contributed by atoms with Gasteiger partial charge in [0, 0.05) is 11.8 Å². The van der Waals surface area contributed by atoms with Gasteiger partial charge in [0.15, 0.2) is 0 Å². The zero-order chi connectivity index (χ0) is 15.0. The van der Waals surface area contributed by atoms with Crippen molar-refractivity contribution in [3.63, 3.8) is 0 Å². The number of anilines is 1. The average Bonchev–Trinajstić information content (AvgIpc) is 3.19. The third kappa shape index (κ3) is 3.36. The predicted octanol–water partition coefficient (Wildman–Crippen LogP) is 3.72. The highest BCUT2D eigenvalue weighted by atomic mass is 32.1. The fraction of sp³-hybridized carbons (Fsp3) is 0.769. The van der Waals surface area contributed by atoms with E-state index < -0.39 is 23.9 Å². The summed E-state index contributed by atoms with van der Waals surface area (Å²) in [7, 11) is 0. The van der Waals surface area contributed by atoms with Gasteiger partial charge in [0.2, 0.25) is 11.0 Å². The summed E-state index contributed by atoms with van der Waals surface area (Å²) in [6.45, 7) is 0. The van der Waals surface area contributed by atoms with Crippen LogP contribution in [0.15, 0.2) is 0 Å². The van der Waals surface area contributed by atoms with Crippen LogP contribution in [-0.4, -0.2) is 22.3 Å². The monoisotopic (exact) mass is 319 g/mol. The Bertz CT molecular complexity index is 527. The fourth-order valence-corrected chi connectivity index (χ4v) is 3.73. The van der Waals surface area contributed by atoms with Crippen LogP contribution >= 0.6 is 11.3 Å². The van der Waals surface area contributed by atoms with E-state index in [9.17, 15) is 18.0 Å². The maximum absolute atomic E-state index is 13.0. The molecule has 2 aliphatic rings. The molecule has 0 bridgehead atoms. The Morgan fingerprint density at radius 1 is 1.14 bits per heavy atom. The molecule has 2 aliphatic carbocycles. The summed E-state index contributed by atoms with van der Waals surface area (Å²) in [4.78, 5) is 12.1. The lowest BCUT2D eigenvalue weighted by atomic mass is 9.78. The molecule has 0 aromatic carbocycles. The van der Waals surface area contributed by atoms with Gasteiger partial charge in [0.1, 0.15) is 5.01 Å². The smallest absolute Gasteiger partial charge is 0.300 e. The van der Waals surface area contributed by atoms with E-state index in [2.05, 4.69) is 15.5 Å². The molecular formula is C13H16F3N3OS. The van der Waals surface area contributed by atoms with Gasteiger partial charge < -0.3 is 5.32 Å². The van der Waals surface area contributed by atoms with Gasteiger partial charge in [-0.25, -0.2) is 0 Å². The van der Waals surface area contributed by atoms with Crippen LogP contribution in [0.2, 0.25) is 0 Å². The first kappa shape index (κ1) is 14.7. The molecule has 4 nitrogen and oxygen atoms in total. The maximum Gasteiger partial charge on any atom is 0.392 e. The summed E-state index contributed by atoms with van der Waals surface area (Å²) in [6, 6.07) is 0. The first-order valence-corrected chi connectivity index (χ1v) is 7.98. The van der Waals surface area contributed by atoms with Crippen molar-refractivity contribution in [1.82, 2.24) is 10.2 Å². The van der Waals surface area contributed by atoms with Gasteiger partial charge in [0.25, 0.3) is 0 Å². The molecule has 2 fully saturated rings. The molecule has 2 atom stereocenters. The van der Waals surface area contributed by atoms with E-state index in [0.717, 1.165) is 17.8 Å². The van der Waals surface area contributed by atoms with Crippen molar-refractivity contribution in [2.24, 2.45) is 11.8 Å². The summed E-state index contributed by atoms with van der Waals surface area (Å²) in [5, 5.41) is 11.5. The van der Waals surface area contributed by atoms with Crippen molar-refractivity contribution in [3.05, 3.63) is 5.01 Å². The average molecular weight is 319 g/mol. The Hall–Kier alpha value is -1.18. The van der Waals surface area contributed by atoms with Crippen molar-refractivity contribution in [3.8, 4) is 0 Å². The first-order valence-electron chi connectivity index (χ1n) is 7.16. The Morgan fingerprint density at radius 2 is 1.86 bits per heavy atom. The van der Waals surface area contributed by atoms with Crippen molar-refractivity contribution >= 4 is 22.4 Å². The van der Waals surface area contributed by atoms with Crippen molar-refractivity contribution in [2.75, 3.05) is 5.32 Å². The number of amides is 1. The number of carbonyl (C=O) groups excluding carboxylic acids is 1. The molecule has 2 saturated carbocycles. The van der Waals surface area contributed by atoms with Crippen molar-refractivity contribution in [2.45, 2.75) is 50.6 Å². The molecule has 0 aliphatic heterocycles. The zero-order valence-electron chi connectivity index (χ0n) is 11.3.